The molecule has 1 aromatic rings. The summed E-state index contributed by atoms with van der Waals surface area (Å²) < 4.78 is 5.72. The van der Waals surface area contributed by atoms with Gasteiger partial charge in [0.05, 0.1) is 12.9 Å². The molecule has 0 radical (unpaired) electrons. The summed E-state index contributed by atoms with van der Waals surface area (Å²) >= 11 is 0. The van der Waals surface area contributed by atoms with E-state index in [-0.39, 0.29) is 6.04 Å². The maximum Gasteiger partial charge on any atom is 0.0921 e. The van der Waals surface area contributed by atoms with Crippen LogP contribution in [0.15, 0.2) is 12.5 Å². The number of aromatic amines is 1. The van der Waals surface area contributed by atoms with E-state index in [0.717, 1.165) is 24.6 Å². The van der Waals surface area contributed by atoms with E-state index in [2.05, 4.69) is 9.97 Å². The van der Waals surface area contributed by atoms with Crippen molar-refractivity contribution in [3.05, 3.63) is 18.2 Å². The molecule has 3 N–H and O–H groups in total. The minimum absolute atomic E-state index is 0.0686. The van der Waals surface area contributed by atoms with Crippen molar-refractivity contribution < 1.29 is 4.74 Å². The molecular weight excluding hydrogens is 214 g/mol. The molecule has 96 valence electrons. The van der Waals surface area contributed by atoms with Crippen LogP contribution >= 0.6 is 0 Å². The summed E-state index contributed by atoms with van der Waals surface area (Å²) in [6.07, 6.45) is 11.1. The summed E-state index contributed by atoms with van der Waals surface area (Å²) in [7, 11) is 0. The van der Waals surface area contributed by atoms with Crippen LogP contribution in [0.4, 0.5) is 0 Å². The van der Waals surface area contributed by atoms with E-state index < -0.39 is 0 Å². The van der Waals surface area contributed by atoms with Crippen molar-refractivity contribution in [3.63, 3.8) is 0 Å². The Morgan fingerprint density at radius 2 is 2.24 bits per heavy atom. The second-order valence-electron chi connectivity index (χ2n) is 5.08. The number of nitrogens with zero attached hydrogens (tertiary/aromatic N) is 1. The molecule has 0 aromatic carbocycles. The van der Waals surface area contributed by atoms with E-state index in [1.807, 2.05) is 6.20 Å². The Morgan fingerprint density at radius 1 is 1.41 bits per heavy atom. The third-order valence-corrected chi connectivity index (χ3v) is 3.45. The van der Waals surface area contributed by atoms with Gasteiger partial charge in [-0.2, -0.15) is 0 Å². The van der Waals surface area contributed by atoms with E-state index in [9.17, 15) is 0 Å². The van der Waals surface area contributed by atoms with Gasteiger partial charge in [-0.1, -0.05) is 19.3 Å². The van der Waals surface area contributed by atoms with Crippen LogP contribution in [-0.4, -0.2) is 29.2 Å². The fraction of sp³-hybridized carbons (Fsp3) is 0.769. The average molecular weight is 237 g/mol. The zero-order valence-corrected chi connectivity index (χ0v) is 10.4. The first kappa shape index (κ1) is 12.6. The monoisotopic (exact) mass is 237 g/mol. The fourth-order valence-corrected chi connectivity index (χ4v) is 2.48. The molecule has 1 heterocycles. The highest BCUT2D eigenvalue weighted by Crippen LogP contribution is 2.23. The molecule has 4 nitrogen and oxygen atoms in total. The average Bonchev–Trinajstić information content (AvgIpc) is 2.83. The number of hydrogen-bond donors (Lipinski definition) is 2. The molecule has 1 fully saturated rings. The minimum Gasteiger partial charge on any atom is -0.380 e. The Labute approximate surface area is 103 Å². The quantitative estimate of drug-likeness (QED) is 0.794. The molecule has 0 aliphatic heterocycles. The number of hydrogen-bond acceptors (Lipinski definition) is 3. The van der Waals surface area contributed by atoms with Crippen molar-refractivity contribution in [3.8, 4) is 0 Å². The van der Waals surface area contributed by atoms with Gasteiger partial charge in [-0.15, -0.1) is 0 Å². The molecule has 1 saturated carbocycles. The van der Waals surface area contributed by atoms with E-state index in [1.165, 1.54) is 32.1 Å². The Bertz CT molecular complexity index is 294. The van der Waals surface area contributed by atoms with Crippen molar-refractivity contribution in [2.75, 3.05) is 13.2 Å². The van der Waals surface area contributed by atoms with Crippen molar-refractivity contribution in [2.45, 2.75) is 44.6 Å². The molecule has 0 bridgehead atoms. The minimum atomic E-state index is 0.0686. The van der Waals surface area contributed by atoms with Crippen molar-refractivity contribution in [1.29, 1.82) is 0 Å². The first-order valence-corrected chi connectivity index (χ1v) is 6.65. The molecule has 1 aliphatic rings. The lowest BCUT2D eigenvalue weighted by Gasteiger charge is -2.22. The van der Waals surface area contributed by atoms with Crippen molar-refractivity contribution in [2.24, 2.45) is 11.7 Å². The van der Waals surface area contributed by atoms with Crippen LogP contribution < -0.4 is 5.73 Å². The van der Waals surface area contributed by atoms with Gasteiger partial charge in [0.1, 0.15) is 0 Å². The molecule has 17 heavy (non-hydrogen) atoms. The standard InChI is InChI=1S/C13H23N3O/c14-12(6-13-7-15-10-16-13)9-17-8-11-4-2-1-3-5-11/h7,10-12H,1-6,8-9,14H2,(H,15,16)/t12-/m1/s1. The SMILES string of the molecule is N[C@@H](COCC1CCCCC1)Cc1cnc[nH]1. The molecular formula is C13H23N3O. The number of ether oxygens (including phenoxy) is 1. The van der Waals surface area contributed by atoms with E-state index in [4.69, 9.17) is 10.5 Å². The van der Waals surface area contributed by atoms with Crippen LogP contribution in [0.1, 0.15) is 37.8 Å². The number of H-pyrrole nitrogens is 1. The lowest BCUT2D eigenvalue weighted by Crippen LogP contribution is -2.30. The van der Waals surface area contributed by atoms with Gasteiger partial charge in [0.2, 0.25) is 0 Å². The van der Waals surface area contributed by atoms with Gasteiger partial charge < -0.3 is 15.5 Å². The Kier molecular flexibility index (Phi) is 5.01. The largest absolute Gasteiger partial charge is 0.380 e. The maximum atomic E-state index is 6.01. The van der Waals surface area contributed by atoms with Crippen LogP contribution in [0.2, 0.25) is 0 Å². The second-order valence-corrected chi connectivity index (χ2v) is 5.08. The number of rotatable bonds is 6. The summed E-state index contributed by atoms with van der Waals surface area (Å²) in [4.78, 5) is 7.04. The normalized spacial score (nSPS) is 19.4. The number of nitrogens with one attached hydrogen (secondary N) is 1. The molecule has 2 rings (SSSR count). The molecule has 0 unspecified atom stereocenters. The number of imidazole rings is 1. The molecule has 0 amide bonds. The smallest absolute Gasteiger partial charge is 0.0921 e. The molecule has 1 aliphatic carbocycles. The summed E-state index contributed by atoms with van der Waals surface area (Å²) in [6, 6.07) is 0.0686. The van der Waals surface area contributed by atoms with Gasteiger partial charge in [-0.3, -0.25) is 0 Å². The van der Waals surface area contributed by atoms with Crippen molar-refractivity contribution in [1.82, 2.24) is 9.97 Å². The van der Waals surface area contributed by atoms with Crippen LogP contribution in [0, 0.1) is 5.92 Å². The van der Waals surface area contributed by atoms with Crippen LogP contribution in [0.3, 0.4) is 0 Å². The highest BCUT2D eigenvalue weighted by Gasteiger charge is 2.14. The highest BCUT2D eigenvalue weighted by atomic mass is 16.5. The molecule has 1 atom stereocenters. The Morgan fingerprint density at radius 3 is 2.94 bits per heavy atom. The lowest BCUT2D eigenvalue weighted by molar-refractivity contribution is 0.0758. The Balaban J connectivity index is 1.58. The summed E-state index contributed by atoms with van der Waals surface area (Å²) in [6.45, 7) is 1.53. The first-order chi connectivity index (χ1) is 8.34. The summed E-state index contributed by atoms with van der Waals surface area (Å²) in [5.41, 5.74) is 7.09. The fourth-order valence-electron chi connectivity index (χ4n) is 2.48. The maximum absolute atomic E-state index is 6.01. The van der Waals surface area contributed by atoms with Gasteiger partial charge in [0.15, 0.2) is 0 Å². The Hall–Kier alpha value is -0.870. The zero-order valence-electron chi connectivity index (χ0n) is 10.4. The van der Waals surface area contributed by atoms with E-state index in [0.29, 0.717) is 6.61 Å². The summed E-state index contributed by atoms with van der Waals surface area (Å²) in [5.74, 6) is 0.767. The van der Waals surface area contributed by atoms with Crippen LogP contribution in [0.5, 0.6) is 0 Å². The van der Waals surface area contributed by atoms with Gasteiger partial charge >= 0.3 is 0 Å². The molecule has 4 heteroatoms. The summed E-state index contributed by atoms with van der Waals surface area (Å²) in [5, 5.41) is 0. The highest BCUT2D eigenvalue weighted by molar-refractivity contribution is 4.96. The number of nitrogens with two attached hydrogens (primary N) is 1. The van der Waals surface area contributed by atoms with E-state index >= 15 is 0 Å². The third-order valence-electron chi connectivity index (χ3n) is 3.45. The van der Waals surface area contributed by atoms with Gasteiger partial charge in [-0.25, -0.2) is 4.98 Å². The van der Waals surface area contributed by atoms with Crippen LogP contribution in [-0.2, 0) is 11.2 Å². The second kappa shape index (κ2) is 6.77. The topological polar surface area (TPSA) is 63.9 Å². The van der Waals surface area contributed by atoms with Gasteiger partial charge in [0.25, 0.3) is 0 Å². The molecule has 0 saturated heterocycles. The molecule has 0 spiro atoms. The van der Waals surface area contributed by atoms with Crippen LogP contribution in [0.25, 0.3) is 0 Å². The predicted octanol–water partition coefficient (Wildman–Crippen LogP) is 1.88. The predicted molar refractivity (Wildman–Crippen MR) is 67.7 cm³/mol. The van der Waals surface area contributed by atoms with Gasteiger partial charge in [-0.05, 0) is 18.8 Å². The van der Waals surface area contributed by atoms with E-state index in [1.54, 1.807) is 6.33 Å². The number of aromatic nitrogens is 2. The molecule has 1 aromatic heterocycles. The first-order valence-electron chi connectivity index (χ1n) is 6.65. The van der Waals surface area contributed by atoms with Crippen molar-refractivity contribution >= 4 is 0 Å². The third kappa shape index (κ3) is 4.48. The van der Waals surface area contributed by atoms with Gasteiger partial charge in [0, 0.05) is 31.0 Å². The lowest BCUT2D eigenvalue weighted by atomic mass is 9.90. The zero-order chi connectivity index (χ0) is 11.9.